The Kier molecular flexibility index (Phi) is 6.18. The Labute approximate surface area is 116 Å². The van der Waals surface area contributed by atoms with Crippen LogP contribution in [-0.4, -0.2) is 42.3 Å². The highest BCUT2D eigenvalue weighted by atomic mass is 16.3. The Morgan fingerprint density at radius 1 is 1.25 bits per heavy atom. The minimum atomic E-state index is -0.693. The summed E-state index contributed by atoms with van der Waals surface area (Å²) in [5, 5.41) is 13.9. The molecule has 5 N–H and O–H groups in total. The molecule has 108 valence electrons. The summed E-state index contributed by atoms with van der Waals surface area (Å²) < 4.78 is 0. The molecule has 1 aromatic rings. The first kappa shape index (κ1) is 15.6. The average Bonchev–Trinajstić information content (AvgIpc) is 2.46. The number of hydrogen-bond acceptors (Lipinski definition) is 5. The summed E-state index contributed by atoms with van der Waals surface area (Å²) >= 11 is 0. The third kappa shape index (κ3) is 5.49. The highest BCUT2D eigenvalue weighted by Crippen LogP contribution is 2.10. The Morgan fingerprint density at radius 2 is 1.90 bits per heavy atom. The van der Waals surface area contributed by atoms with Crippen LogP contribution in [0.15, 0.2) is 24.3 Å². The van der Waals surface area contributed by atoms with Gasteiger partial charge in [0.05, 0.1) is 19.1 Å². The summed E-state index contributed by atoms with van der Waals surface area (Å²) in [7, 11) is 0. The number of carbonyl (C=O) groups is 3. The summed E-state index contributed by atoms with van der Waals surface area (Å²) in [4.78, 5) is 33.3. The first-order valence-corrected chi connectivity index (χ1v) is 6.04. The molecule has 0 saturated heterocycles. The highest BCUT2D eigenvalue weighted by Gasteiger charge is 2.12. The Morgan fingerprint density at radius 3 is 2.45 bits per heavy atom. The second kappa shape index (κ2) is 7.90. The smallest absolute Gasteiger partial charge is 0.239 e. The van der Waals surface area contributed by atoms with Gasteiger partial charge in [-0.1, -0.05) is 12.1 Å². The summed E-state index contributed by atoms with van der Waals surface area (Å²) in [5.41, 5.74) is 5.88. The zero-order chi connectivity index (χ0) is 15.0. The van der Waals surface area contributed by atoms with Crippen LogP contribution in [0.25, 0.3) is 0 Å². The van der Waals surface area contributed by atoms with E-state index in [1.807, 2.05) is 0 Å². The van der Waals surface area contributed by atoms with Crippen molar-refractivity contribution in [2.75, 3.05) is 13.1 Å². The zero-order valence-electron chi connectivity index (χ0n) is 10.8. The number of nitrogens with one attached hydrogen (secondary N) is 2. The van der Waals surface area contributed by atoms with E-state index in [-0.39, 0.29) is 18.8 Å². The van der Waals surface area contributed by atoms with Gasteiger partial charge in [0.25, 0.3) is 0 Å². The Balaban J connectivity index is 2.46. The number of rotatable bonds is 7. The number of amides is 2. The molecule has 1 rings (SSSR count). The van der Waals surface area contributed by atoms with Crippen LogP contribution in [0.3, 0.4) is 0 Å². The fourth-order valence-electron chi connectivity index (χ4n) is 1.53. The molecule has 1 atom stereocenters. The standard InChI is InChI=1S/C13H17N3O4/c14-6-12(19)15-7-13(20)16-10(8-17)5-9-1-3-11(18)4-2-9/h1-4,8,10,18H,5-7,14H2,(H,15,19)(H,16,20)/t10-/m0/s1. The molecule has 0 fully saturated rings. The number of hydrogen-bond donors (Lipinski definition) is 4. The van der Waals surface area contributed by atoms with Gasteiger partial charge in [-0.25, -0.2) is 0 Å². The minimum Gasteiger partial charge on any atom is -0.508 e. The molecule has 0 aliphatic rings. The summed E-state index contributed by atoms with van der Waals surface area (Å²) in [6.45, 7) is -0.423. The number of carbonyl (C=O) groups excluding carboxylic acids is 3. The van der Waals surface area contributed by atoms with Gasteiger partial charge in [0.1, 0.15) is 12.0 Å². The molecule has 2 amide bonds. The second-order valence-electron chi connectivity index (χ2n) is 4.16. The number of phenols is 1. The van der Waals surface area contributed by atoms with Gasteiger partial charge in [0, 0.05) is 0 Å². The zero-order valence-corrected chi connectivity index (χ0v) is 10.8. The predicted octanol–water partition coefficient (Wildman–Crippen LogP) is -1.31. The largest absolute Gasteiger partial charge is 0.508 e. The summed E-state index contributed by atoms with van der Waals surface area (Å²) in [6.07, 6.45) is 0.926. The van der Waals surface area contributed by atoms with Gasteiger partial charge in [0.15, 0.2) is 0 Å². The number of nitrogens with two attached hydrogens (primary N) is 1. The molecule has 0 saturated carbocycles. The van der Waals surface area contributed by atoms with Crippen LogP contribution in [0.2, 0.25) is 0 Å². The van der Waals surface area contributed by atoms with Crippen LogP contribution in [-0.2, 0) is 20.8 Å². The van der Waals surface area contributed by atoms with Gasteiger partial charge in [-0.05, 0) is 24.1 Å². The normalized spacial score (nSPS) is 11.4. The van der Waals surface area contributed by atoms with Crippen molar-refractivity contribution in [2.24, 2.45) is 5.73 Å². The van der Waals surface area contributed by atoms with Crippen LogP contribution in [0.1, 0.15) is 5.56 Å². The maximum absolute atomic E-state index is 11.5. The fraction of sp³-hybridized carbons (Fsp3) is 0.308. The van der Waals surface area contributed by atoms with E-state index in [0.717, 1.165) is 5.56 Å². The van der Waals surface area contributed by atoms with E-state index in [1.165, 1.54) is 12.1 Å². The van der Waals surface area contributed by atoms with Gasteiger partial charge < -0.3 is 26.3 Å². The molecule has 0 aliphatic carbocycles. The first-order valence-electron chi connectivity index (χ1n) is 6.04. The maximum atomic E-state index is 11.5. The summed E-state index contributed by atoms with van der Waals surface area (Å²) in [6, 6.07) is 5.63. The molecule has 0 bridgehead atoms. The van der Waals surface area contributed by atoms with E-state index in [0.29, 0.717) is 12.7 Å². The third-order valence-electron chi connectivity index (χ3n) is 2.53. The lowest BCUT2D eigenvalue weighted by Crippen LogP contribution is -2.44. The number of aldehydes is 1. The Hall–Kier alpha value is -2.41. The van der Waals surface area contributed by atoms with Crippen molar-refractivity contribution < 1.29 is 19.5 Å². The van der Waals surface area contributed by atoms with E-state index >= 15 is 0 Å². The molecule has 1 aromatic carbocycles. The maximum Gasteiger partial charge on any atom is 0.239 e. The average molecular weight is 279 g/mol. The van der Waals surface area contributed by atoms with Crippen LogP contribution >= 0.6 is 0 Å². The van der Waals surface area contributed by atoms with Crippen molar-refractivity contribution in [2.45, 2.75) is 12.5 Å². The van der Waals surface area contributed by atoms with Crippen molar-refractivity contribution in [1.29, 1.82) is 0 Å². The van der Waals surface area contributed by atoms with Crippen molar-refractivity contribution >= 4 is 18.1 Å². The monoisotopic (exact) mass is 279 g/mol. The van der Waals surface area contributed by atoms with Crippen molar-refractivity contribution in [1.82, 2.24) is 10.6 Å². The number of aromatic hydroxyl groups is 1. The van der Waals surface area contributed by atoms with Crippen molar-refractivity contribution in [3.05, 3.63) is 29.8 Å². The summed E-state index contributed by atoms with van der Waals surface area (Å²) in [5.74, 6) is -0.783. The minimum absolute atomic E-state index is 0.130. The second-order valence-corrected chi connectivity index (χ2v) is 4.16. The van der Waals surface area contributed by atoms with Gasteiger partial charge in [-0.15, -0.1) is 0 Å². The lowest BCUT2D eigenvalue weighted by atomic mass is 10.1. The van der Waals surface area contributed by atoms with Gasteiger partial charge in [-0.3, -0.25) is 9.59 Å². The molecule has 7 heteroatoms. The van der Waals surface area contributed by atoms with Crippen LogP contribution in [0.4, 0.5) is 0 Å². The quantitative estimate of drug-likeness (QED) is 0.462. The van der Waals surface area contributed by atoms with Gasteiger partial charge in [-0.2, -0.15) is 0 Å². The molecule has 0 unspecified atom stereocenters. The van der Waals surface area contributed by atoms with Crippen molar-refractivity contribution in [3.8, 4) is 5.75 Å². The highest BCUT2D eigenvalue weighted by molar-refractivity contribution is 5.86. The lowest BCUT2D eigenvalue weighted by molar-refractivity contribution is -0.126. The van der Waals surface area contributed by atoms with E-state index in [4.69, 9.17) is 10.8 Å². The predicted molar refractivity (Wildman–Crippen MR) is 71.9 cm³/mol. The van der Waals surface area contributed by atoms with Crippen LogP contribution in [0, 0.1) is 0 Å². The van der Waals surface area contributed by atoms with E-state index in [2.05, 4.69) is 10.6 Å². The van der Waals surface area contributed by atoms with E-state index in [9.17, 15) is 14.4 Å². The number of phenolic OH excluding ortho intramolecular Hbond substituents is 1. The molecule has 20 heavy (non-hydrogen) atoms. The molecule has 7 nitrogen and oxygen atoms in total. The van der Waals surface area contributed by atoms with Gasteiger partial charge in [0.2, 0.25) is 11.8 Å². The topological polar surface area (TPSA) is 122 Å². The molecule has 0 heterocycles. The fourth-order valence-corrected chi connectivity index (χ4v) is 1.53. The van der Waals surface area contributed by atoms with Crippen LogP contribution < -0.4 is 16.4 Å². The van der Waals surface area contributed by atoms with Gasteiger partial charge >= 0.3 is 0 Å². The molecule has 0 radical (unpaired) electrons. The van der Waals surface area contributed by atoms with E-state index in [1.54, 1.807) is 12.1 Å². The molecular formula is C13H17N3O4. The molecule has 0 spiro atoms. The first-order chi connectivity index (χ1) is 9.55. The molecular weight excluding hydrogens is 262 g/mol. The third-order valence-corrected chi connectivity index (χ3v) is 2.53. The lowest BCUT2D eigenvalue weighted by Gasteiger charge is -2.13. The molecule has 0 aliphatic heterocycles. The SMILES string of the molecule is NCC(=O)NCC(=O)N[C@H](C=O)Cc1ccc(O)cc1. The van der Waals surface area contributed by atoms with Crippen LogP contribution in [0.5, 0.6) is 5.75 Å². The molecule has 0 aromatic heterocycles. The number of benzene rings is 1. The van der Waals surface area contributed by atoms with Crippen molar-refractivity contribution in [3.63, 3.8) is 0 Å². The Bertz CT molecular complexity index is 473. The van der Waals surface area contributed by atoms with E-state index < -0.39 is 17.9 Å².